The van der Waals surface area contributed by atoms with E-state index in [0.29, 0.717) is 57.2 Å². The molecule has 5 rings (SSSR count). The minimum absolute atomic E-state index is 0.123. The molecule has 2 fully saturated rings. The van der Waals surface area contributed by atoms with Gasteiger partial charge >= 0.3 is 0 Å². The number of nitrogens with zero attached hydrogens (tertiary/aromatic N) is 4. The Labute approximate surface area is 214 Å². The highest BCUT2D eigenvalue weighted by Crippen LogP contribution is 2.35. The van der Waals surface area contributed by atoms with Crippen molar-refractivity contribution in [3.05, 3.63) is 47.5 Å². The lowest BCUT2D eigenvalue weighted by Gasteiger charge is -2.37. The molecule has 2 saturated heterocycles. The summed E-state index contributed by atoms with van der Waals surface area (Å²) < 4.78 is 34.6. The summed E-state index contributed by atoms with van der Waals surface area (Å²) in [5.41, 5.74) is 0.863. The molecule has 2 aliphatic heterocycles. The fourth-order valence-electron chi connectivity index (χ4n) is 4.66. The summed E-state index contributed by atoms with van der Waals surface area (Å²) in [6.07, 6.45) is 1.20. The molecule has 186 valence electrons. The second-order valence-corrected chi connectivity index (χ2v) is 11.9. The van der Waals surface area contributed by atoms with E-state index in [1.54, 1.807) is 28.4 Å². The van der Waals surface area contributed by atoms with E-state index in [-0.39, 0.29) is 10.8 Å². The Morgan fingerprint density at radius 1 is 1.11 bits per heavy atom. The summed E-state index contributed by atoms with van der Waals surface area (Å²) in [4.78, 5) is 22.3. The molecule has 0 aliphatic carbocycles. The third-order valence-electron chi connectivity index (χ3n) is 6.44. The van der Waals surface area contributed by atoms with E-state index in [9.17, 15) is 13.2 Å². The molecule has 0 spiro atoms. The molecular weight excluding hydrogens is 508 g/mol. The summed E-state index contributed by atoms with van der Waals surface area (Å²) in [5, 5.41) is 1.38. The zero-order chi connectivity index (χ0) is 24.6. The maximum atomic E-state index is 13.4. The number of amides is 1. The first-order chi connectivity index (χ1) is 16.9. The number of sulfonamides is 1. The van der Waals surface area contributed by atoms with Crippen molar-refractivity contribution in [2.24, 2.45) is 0 Å². The van der Waals surface area contributed by atoms with Crippen molar-refractivity contribution < 1.29 is 17.9 Å². The number of carbonyl (C=O) groups is 1. The van der Waals surface area contributed by atoms with Gasteiger partial charge in [0.25, 0.3) is 0 Å². The molecule has 8 nitrogen and oxygen atoms in total. The molecule has 1 aromatic heterocycles. The molecule has 0 radical (unpaired) electrons. The number of benzene rings is 2. The summed E-state index contributed by atoms with van der Waals surface area (Å²) in [7, 11) is -3.77. The van der Waals surface area contributed by atoms with E-state index < -0.39 is 16.1 Å². The Morgan fingerprint density at radius 3 is 2.57 bits per heavy atom. The average molecular weight is 535 g/mol. The van der Waals surface area contributed by atoms with Crippen LogP contribution < -0.4 is 9.64 Å². The number of piperazine rings is 1. The minimum atomic E-state index is -3.77. The van der Waals surface area contributed by atoms with Crippen molar-refractivity contribution in [1.29, 1.82) is 0 Å². The number of anilines is 1. The van der Waals surface area contributed by atoms with Crippen LogP contribution in [0.4, 0.5) is 5.13 Å². The number of fused-ring (bicyclic) bond motifs is 1. The van der Waals surface area contributed by atoms with Crippen molar-refractivity contribution >= 4 is 54.2 Å². The highest BCUT2D eigenvalue weighted by atomic mass is 35.5. The summed E-state index contributed by atoms with van der Waals surface area (Å²) >= 11 is 7.54. The molecule has 1 unspecified atom stereocenters. The third-order valence-corrected chi connectivity index (χ3v) is 9.70. The number of halogens is 1. The van der Waals surface area contributed by atoms with Crippen LogP contribution in [0.1, 0.15) is 19.8 Å². The van der Waals surface area contributed by atoms with Crippen LogP contribution in [0.25, 0.3) is 10.2 Å². The van der Waals surface area contributed by atoms with Crippen LogP contribution in [0.15, 0.2) is 47.4 Å². The number of hydrogen-bond acceptors (Lipinski definition) is 7. The van der Waals surface area contributed by atoms with Gasteiger partial charge in [0.15, 0.2) is 5.13 Å². The van der Waals surface area contributed by atoms with Crippen LogP contribution >= 0.6 is 22.9 Å². The van der Waals surface area contributed by atoms with Gasteiger partial charge in [-0.2, -0.15) is 4.31 Å². The van der Waals surface area contributed by atoms with Crippen LogP contribution in [0.2, 0.25) is 5.02 Å². The van der Waals surface area contributed by atoms with Crippen LogP contribution in [0.3, 0.4) is 0 Å². The average Bonchev–Trinajstić information content (AvgIpc) is 3.53. The lowest BCUT2D eigenvalue weighted by molar-refractivity contribution is -0.134. The van der Waals surface area contributed by atoms with E-state index in [1.165, 1.54) is 16.4 Å². The van der Waals surface area contributed by atoms with Crippen molar-refractivity contribution in [1.82, 2.24) is 14.2 Å². The van der Waals surface area contributed by atoms with Crippen molar-refractivity contribution in [3.63, 3.8) is 0 Å². The lowest BCUT2D eigenvalue weighted by Crippen LogP contribution is -2.54. The topological polar surface area (TPSA) is 83.0 Å². The van der Waals surface area contributed by atoms with Gasteiger partial charge in [-0.3, -0.25) is 4.79 Å². The van der Waals surface area contributed by atoms with E-state index in [4.69, 9.17) is 21.3 Å². The normalized spacial score (nSPS) is 19.4. The predicted octanol–water partition coefficient (Wildman–Crippen LogP) is 3.85. The van der Waals surface area contributed by atoms with Gasteiger partial charge < -0.3 is 14.5 Å². The monoisotopic (exact) mass is 534 g/mol. The van der Waals surface area contributed by atoms with Crippen molar-refractivity contribution in [2.75, 3.05) is 44.2 Å². The van der Waals surface area contributed by atoms with Crippen molar-refractivity contribution in [3.8, 4) is 5.75 Å². The maximum Gasteiger partial charge on any atom is 0.243 e. The van der Waals surface area contributed by atoms with Gasteiger partial charge in [0.05, 0.1) is 16.2 Å². The smallest absolute Gasteiger partial charge is 0.243 e. The third kappa shape index (κ3) is 4.72. The molecule has 3 heterocycles. The van der Waals surface area contributed by atoms with E-state index in [1.807, 2.05) is 25.1 Å². The molecule has 0 saturated carbocycles. The number of rotatable bonds is 6. The Bertz CT molecular complexity index is 1320. The van der Waals surface area contributed by atoms with E-state index in [0.717, 1.165) is 21.1 Å². The largest absolute Gasteiger partial charge is 0.492 e. The Kier molecular flexibility index (Phi) is 6.89. The molecule has 11 heteroatoms. The van der Waals surface area contributed by atoms with E-state index in [2.05, 4.69) is 4.90 Å². The predicted molar refractivity (Wildman–Crippen MR) is 138 cm³/mol. The minimum Gasteiger partial charge on any atom is -0.492 e. The maximum absolute atomic E-state index is 13.4. The van der Waals surface area contributed by atoms with Gasteiger partial charge in [0.2, 0.25) is 15.9 Å². The number of aromatic nitrogens is 1. The lowest BCUT2D eigenvalue weighted by atomic mass is 10.2. The molecule has 0 bridgehead atoms. The Morgan fingerprint density at radius 2 is 1.86 bits per heavy atom. The highest BCUT2D eigenvalue weighted by Gasteiger charge is 2.41. The highest BCUT2D eigenvalue weighted by molar-refractivity contribution is 7.89. The van der Waals surface area contributed by atoms with Crippen LogP contribution in [0.5, 0.6) is 5.75 Å². The summed E-state index contributed by atoms with van der Waals surface area (Å²) in [6.45, 7) is 5.22. The van der Waals surface area contributed by atoms with Crippen LogP contribution in [-0.2, 0) is 14.8 Å². The van der Waals surface area contributed by atoms with Gasteiger partial charge in [-0.05, 0) is 56.2 Å². The zero-order valence-electron chi connectivity index (χ0n) is 19.4. The van der Waals surface area contributed by atoms with E-state index >= 15 is 0 Å². The van der Waals surface area contributed by atoms with Gasteiger partial charge in [0, 0.05) is 37.7 Å². The quantitative estimate of drug-likeness (QED) is 0.478. The first kappa shape index (κ1) is 24.3. The Balaban J connectivity index is 1.27. The molecule has 1 atom stereocenters. The van der Waals surface area contributed by atoms with Gasteiger partial charge in [-0.1, -0.05) is 29.0 Å². The van der Waals surface area contributed by atoms with Crippen LogP contribution in [0, 0.1) is 0 Å². The summed E-state index contributed by atoms with van der Waals surface area (Å²) in [5.74, 6) is 0.659. The molecular formula is C24H27ClN4O4S2. The standard InChI is InChI=1S/C24H27ClN4O4S2/c1-2-33-20-6-3-7-21-22(20)26-24(34-21)28-15-13-27(14-16-28)23(30)19-5-4-12-29(19)35(31,32)18-10-8-17(25)9-11-18/h3,6-11,19H,2,4-5,12-16H2,1H3. The van der Waals surface area contributed by atoms with Gasteiger partial charge in [-0.25, -0.2) is 13.4 Å². The second-order valence-electron chi connectivity index (χ2n) is 8.57. The molecule has 0 N–H and O–H groups in total. The fraction of sp³-hybridized carbons (Fsp3) is 0.417. The Hall–Kier alpha value is -2.40. The zero-order valence-corrected chi connectivity index (χ0v) is 21.8. The van der Waals surface area contributed by atoms with Gasteiger partial charge in [-0.15, -0.1) is 0 Å². The number of thiazole rings is 1. The first-order valence-corrected chi connectivity index (χ1v) is 14.4. The SMILES string of the molecule is CCOc1cccc2sc(N3CCN(C(=O)C4CCCN4S(=O)(=O)c4ccc(Cl)cc4)CC3)nc12. The summed E-state index contributed by atoms with van der Waals surface area (Å²) in [6, 6.07) is 11.4. The molecule has 3 aromatic rings. The number of ether oxygens (including phenoxy) is 1. The molecule has 2 aromatic carbocycles. The van der Waals surface area contributed by atoms with Gasteiger partial charge in [0.1, 0.15) is 17.3 Å². The second kappa shape index (κ2) is 9.93. The molecule has 35 heavy (non-hydrogen) atoms. The van der Waals surface area contributed by atoms with Crippen LogP contribution in [-0.4, -0.2) is 73.9 Å². The number of carbonyl (C=O) groups excluding carboxylic acids is 1. The number of hydrogen-bond donors (Lipinski definition) is 0. The number of para-hydroxylation sites is 1. The first-order valence-electron chi connectivity index (χ1n) is 11.7. The molecule has 1 amide bonds. The van der Waals surface area contributed by atoms with Crippen molar-refractivity contribution in [2.45, 2.75) is 30.7 Å². The fourth-order valence-corrected chi connectivity index (χ4v) is 7.48. The molecule has 2 aliphatic rings.